The maximum absolute atomic E-state index is 12.0. The van der Waals surface area contributed by atoms with E-state index < -0.39 is 6.36 Å². The summed E-state index contributed by atoms with van der Waals surface area (Å²) in [6.45, 7) is 0.472. The molecule has 0 fully saturated rings. The third-order valence-corrected chi connectivity index (χ3v) is 2.80. The average Bonchev–Trinajstić information content (AvgIpc) is 2.85. The van der Waals surface area contributed by atoms with Crippen molar-refractivity contribution in [2.24, 2.45) is 17.8 Å². The quantitative estimate of drug-likeness (QED) is 0.652. The van der Waals surface area contributed by atoms with Gasteiger partial charge in [-0.3, -0.25) is 9.67 Å². The van der Waals surface area contributed by atoms with E-state index in [1.165, 1.54) is 24.3 Å². The molecule has 2 aromatic rings. The zero-order valence-corrected chi connectivity index (χ0v) is 12.3. The lowest BCUT2D eigenvalue weighted by Crippen LogP contribution is -2.23. The first-order valence-electron chi connectivity index (χ1n) is 6.72. The van der Waals surface area contributed by atoms with Crippen LogP contribution in [-0.2, 0) is 13.5 Å². The Morgan fingerprint density at radius 1 is 1.35 bits per heavy atom. The molecule has 3 N–H and O–H groups in total. The zero-order chi connectivity index (χ0) is 16.9. The number of guanidine groups is 1. The third-order valence-electron chi connectivity index (χ3n) is 2.80. The Morgan fingerprint density at radius 2 is 2.04 bits per heavy atom. The van der Waals surface area contributed by atoms with Crippen molar-refractivity contribution in [3.63, 3.8) is 0 Å². The molecule has 0 unspecified atom stereocenters. The Hall–Kier alpha value is -2.71. The molecular weight excluding hydrogens is 311 g/mol. The van der Waals surface area contributed by atoms with Gasteiger partial charge < -0.3 is 15.8 Å². The summed E-state index contributed by atoms with van der Waals surface area (Å²) in [7, 11) is 1.83. The van der Waals surface area contributed by atoms with Crippen LogP contribution >= 0.6 is 0 Å². The van der Waals surface area contributed by atoms with Crippen LogP contribution in [0.15, 0.2) is 41.7 Å². The van der Waals surface area contributed by atoms with Gasteiger partial charge in [0.25, 0.3) is 0 Å². The average molecular weight is 327 g/mol. The van der Waals surface area contributed by atoms with Crippen LogP contribution in [0.3, 0.4) is 0 Å². The highest BCUT2D eigenvalue weighted by Crippen LogP contribution is 2.23. The standard InChI is InChI=1S/C14H16F3N5O/c1-22-9-10(8-20-22)6-7-19-13(18)21-11-2-4-12(5-3-11)23-14(15,16)17/h2-5,8-9H,6-7H2,1H3,(H3,18,19,21). The van der Waals surface area contributed by atoms with Crippen LogP contribution in [0, 0.1) is 0 Å². The fourth-order valence-corrected chi connectivity index (χ4v) is 1.83. The molecule has 0 radical (unpaired) electrons. The largest absolute Gasteiger partial charge is 0.573 e. The highest BCUT2D eigenvalue weighted by molar-refractivity contribution is 5.92. The van der Waals surface area contributed by atoms with Gasteiger partial charge in [-0.15, -0.1) is 13.2 Å². The Morgan fingerprint density at radius 3 is 2.61 bits per heavy atom. The van der Waals surface area contributed by atoms with E-state index >= 15 is 0 Å². The fraction of sp³-hybridized carbons (Fsp3) is 0.286. The van der Waals surface area contributed by atoms with Gasteiger partial charge >= 0.3 is 6.36 Å². The smallest absolute Gasteiger partial charge is 0.406 e. The van der Waals surface area contributed by atoms with Crippen LogP contribution in [0.4, 0.5) is 18.9 Å². The second-order valence-electron chi connectivity index (χ2n) is 4.74. The third kappa shape index (κ3) is 5.89. The van der Waals surface area contributed by atoms with E-state index in [4.69, 9.17) is 5.73 Å². The Bertz CT molecular complexity index is 664. The summed E-state index contributed by atoms with van der Waals surface area (Å²) in [6.07, 6.45) is -0.382. The molecule has 1 aromatic carbocycles. The molecule has 2 rings (SSSR count). The lowest BCUT2D eigenvalue weighted by atomic mass is 10.2. The molecule has 0 bridgehead atoms. The van der Waals surface area contributed by atoms with Crippen molar-refractivity contribution in [3.05, 3.63) is 42.2 Å². The van der Waals surface area contributed by atoms with E-state index in [2.05, 4.69) is 20.1 Å². The van der Waals surface area contributed by atoms with Gasteiger partial charge in [0.1, 0.15) is 5.75 Å². The van der Waals surface area contributed by atoms with Crippen LogP contribution in [-0.4, -0.2) is 28.6 Å². The van der Waals surface area contributed by atoms with Crippen LogP contribution < -0.4 is 15.8 Å². The second kappa shape index (κ2) is 7.03. The minimum absolute atomic E-state index is 0.179. The van der Waals surface area contributed by atoms with Gasteiger partial charge in [-0.1, -0.05) is 0 Å². The van der Waals surface area contributed by atoms with Gasteiger partial charge in [0, 0.05) is 25.5 Å². The van der Waals surface area contributed by atoms with Crippen LogP contribution in [0.2, 0.25) is 0 Å². The first-order valence-corrected chi connectivity index (χ1v) is 6.72. The predicted molar refractivity (Wildman–Crippen MR) is 80.1 cm³/mol. The van der Waals surface area contributed by atoms with E-state index in [1.807, 2.05) is 13.2 Å². The van der Waals surface area contributed by atoms with Gasteiger partial charge in [-0.25, -0.2) is 0 Å². The van der Waals surface area contributed by atoms with E-state index in [1.54, 1.807) is 10.9 Å². The number of nitrogens with one attached hydrogen (secondary N) is 1. The lowest BCUT2D eigenvalue weighted by molar-refractivity contribution is -0.274. The molecule has 124 valence electrons. The van der Waals surface area contributed by atoms with Crippen molar-refractivity contribution < 1.29 is 17.9 Å². The van der Waals surface area contributed by atoms with Crippen molar-refractivity contribution in [3.8, 4) is 5.75 Å². The lowest BCUT2D eigenvalue weighted by Gasteiger charge is -2.10. The first-order chi connectivity index (χ1) is 10.8. The van der Waals surface area contributed by atoms with E-state index in [0.717, 1.165) is 5.56 Å². The number of aliphatic imine (C=N–C) groups is 1. The molecule has 0 aliphatic heterocycles. The van der Waals surface area contributed by atoms with Gasteiger partial charge in [-0.05, 0) is 36.2 Å². The molecule has 23 heavy (non-hydrogen) atoms. The summed E-state index contributed by atoms with van der Waals surface area (Å²) in [6, 6.07) is 5.23. The van der Waals surface area contributed by atoms with Crippen LogP contribution in [0.25, 0.3) is 0 Å². The molecule has 0 aliphatic carbocycles. The number of aromatic nitrogens is 2. The molecule has 0 saturated carbocycles. The van der Waals surface area contributed by atoms with Gasteiger partial charge in [0.05, 0.1) is 6.20 Å². The van der Waals surface area contributed by atoms with Crippen molar-refractivity contribution in [1.29, 1.82) is 0 Å². The normalized spacial score (nSPS) is 12.3. The van der Waals surface area contributed by atoms with Crippen molar-refractivity contribution in [2.45, 2.75) is 12.8 Å². The van der Waals surface area contributed by atoms with Crippen molar-refractivity contribution in [2.75, 3.05) is 11.9 Å². The van der Waals surface area contributed by atoms with Gasteiger partial charge in [0.15, 0.2) is 5.96 Å². The number of anilines is 1. The maximum Gasteiger partial charge on any atom is 0.573 e. The zero-order valence-electron chi connectivity index (χ0n) is 12.3. The molecule has 0 saturated heterocycles. The number of aryl methyl sites for hydroxylation is 1. The highest BCUT2D eigenvalue weighted by atomic mass is 19.4. The summed E-state index contributed by atoms with van der Waals surface area (Å²) in [5, 5.41) is 6.84. The molecule has 1 heterocycles. The molecular formula is C14H16F3N5O. The summed E-state index contributed by atoms with van der Waals surface area (Å²) in [4.78, 5) is 4.14. The first kappa shape index (κ1) is 16.7. The molecule has 1 aromatic heterocycles. The Balaban J connectivity index is 1.84. The maximum atomic E-state index is 12.0. The predicted octanol–water partition coefficient (Wildman–Crippen LogP) is 2.29. The summed E-state index contributed by atoms with van der Waals surface area (Å²) >= 11 is 0. The molecule has 0 amide bonds. The number of nitrogens with two attached hydrogens (primary N) is 1. The molecule has 9 heteroatoms. The second-order valence-corrected chi connectivity index (χ2v) is 4.74. The number of alkyl halides is 3. The van der Waals surface area contributed by atoms with Gasteiger partial charge in [-0.2, -0.15) is 5.10 Å². The minimum Gasteiger partial charge on any atom is -0.406 e. The van der Waals surface area contributed by atoms with E-state index in [0.29, 0.717) is 18.7 Å². The molecule has 0 spiro atoms. The number of ether oxygens (including phenoxy) is 1. The fourth-order valence-electron chi connectivity index (χ4n) is 1.83. The van der Waals surface area contributed by atoms with Crippen molar-refractivity contribution >= 4 is 11.6 Å². The number of rotatable bonds is 5. The van der Waals surface area contributed by atoms with E-state index in [9.17, 15) is 13.2 Å². The number of nitrogens with zero attached hydrogens (tertiary/aromatic N) is 3. The van der Waals surface area contributed by atoms with Crippen molar-refractivity contribution in [1.82, 2.24) is 9.78 Å². The summed E-state index contributed by atoms with van der Waals surface area (Å²) in [5.74, 6) is -0.117. The number of benzene rings is 1. The topological polar surface area (TPSA) is 77.5 Å². The summed E-state index contributed by atoms with van der Waals surface area (Å²) in [5.41, 5.74) is 7.28. The summed E-state index contributed by atoms with van der Waals surface area (Å²) < 4.78 is 41.6. The van der Waals surface area contributed by atoms with E-state index in [-0.39, 0.29) is 11.7 Å². The Kier molecular flexibility index (Phi) is 5.09. The van der Waals surface area contributed by atoms with Crippen LogP contribution in [0.1, 0.15) is 5.56 Å². The SMILES string of the molecule is Cn1cc(CCN=C(N)Nc2ccc(OC(F)(F)F)cc2)cn1. The van der Waals surface area contributed by atoms with Gasteiger partial charge in [0.2, 0.25) is 0 Å². The van der Waals surface area contributed by atoms with Crippen LogP contribution in [0.5, 0.6) is 5.75 Å². The Labute approximate surface area is 130 Å². The molecule has 6 nitrogen and oxygen atoms in total. The number of hydrogen-bond acceptors (Lipinski definition) is 3. The molecule has 0 aliphatic rings. The molecule has 0 atom stereocenters. The monoisotopic (exact) mass is 327 g/mol. The number of hydrogen-bond donors (Lipinski definition) is 2. The highest BCUT2D eigenvalue weighted by Gasteiger charge is 2.30. The minimum atomic E-state index is -4.71. The number of halogens is 3.